The van der Waals surface area contributed by atoms with Crippen molar-refractivity contribution in [1.82, 2.24) is 4.98 Å². The number of nitrogens with two attached hydrogens (primary N) is 1. The highest BCUT2D eigenvalue weighted by Crippen LogP contribution is 2.30. The normalized spacial score (nSPS) is 10.9. The Hall–Kier alpha value is -0.0100. The number of halogens is 4. The van der Waals surface area contributed by atoms with Gasteiger partial charge in [-0.3, -0.25) is 0 Å². The fraction of sp³-hybridized carbons (Fsp3) is 0.286. The largest absolute Gasteiger partial charge is 0.325 e. The van der Waals surface area contributed by atoms with Crippen LogP contribution in [0.1, 0.15) is 17.7 Å². The van der Waals surface area contributed by atoms with Gasteiger partial charge in [-0.15, -0.1) is 0 Å². The van der Waals surface area contributed by atoms with E-state index in [0.29, 0.717) is 9.39 Å². The van der Waals surface area contributed by atoms with Crippen LogP contribution in [0, 0.1) is 3.70 Å². The standard InChI is InChI=1S/C7H6ClF2IN2/c8-5-4(6(9)10)1-3(2-12)13-7(5)11/h1,6H,2,12H2. The van der Waals surface area contributed by atoms with E-state index in [1.54, 1.807) is 22.6 Å². The molecule has 1 heterocycles. The topological polar surface area (TPSA) is 38.9 Å². The number of hydrogen-bond donors (Lipinski definition) is 1. The van der Waals surface area contributed by atoms with Gasteiger partial charge in [0.25, 0.3) is 6.43 Å². The van der Waals surface area contributed by atoms with Crippen LogP contribution in [0.3, 0.4) is 0 Å². The Labute approximate surface area is 92.6 Å². The number of pyridine rings is 1. The lowest BCUT2D eigenvalue weighted by Gasteiger charge is -2.06. The van der Waals surface area contributed by atoms with Gasteiger partial charge in [0.1, 0.15) is 3.70 Å². The average molecular weight is 318 g/mol. The molecule has 0 spiro atoms. The maximum atomic E-state index is 12.4. The van der Waals surface area contributed by atoms with Crippen LogP contribution in [0.5, 0.6) is 0 Å². The van der Waals surface area contributed by atoms with E-state index >= 15 is 0 Å². The van der Waals surface area contributed by atoms with Crippen LogP contribution < -0.4 is 5.73 Å². The van der Waals surface area contributed by atoms with Crippen molar-refractivity contribution in [1.29, 1.82) is 0 Å². The van der Waals surface area contributed by atoms with Crippen molar-refractivity contribution in [3.8, 4) is 0 Å². The molecule has 1 aromatic heterocycles. The van der Waals surface area contributed by atoms with Crippen LogP contribution in [0.4, 0.5) is 8.78 Å². The van der Waals surface area contributed by atoms with Crippen molar-refractivity contribution in [3.05, 3.63) is 26.0 Å². The minimum absolute atomic E-state index is 0.00722. The molecule has 0 unspecified atom stereocenters. The molecular formula is C7H6ClF2IN2. The Balaban J connectivity index is 3.25. The van der Waals surface area contributed by atoms with Crippen molar-refractivity contribution in [2.75, 3.05) is 0 Å². The van der Waals surface area contributed by atoms with Gasteiger partial charge < -0.3 is 5.73 Å². The molecule has 0 aromatic carbocycles. The highest BCUT2D eigenvalue weighted by Gasteiger charge is 2.16. The summed E-state index contributed by atoms with van der Waals surface area (Å²) < 4.78 is 25.1. The predicted octanol–water partition coefficient (Wildman–Crippen LogP) is 2.74. The van der Waals surface area contributed by atoms with Gasteiger partial charge in [0.2, 0.25) is 0 Å². The zero-order valence-corrected chi connectivity index (χ0v) is 9.31. The summed E-state index contributed by atoms with van der Waals surface area (Å²) in [6, 6.07) is 1.23. The van der Waals surface area contributed by atoms with Crippen molar-refractivity contribution >= 4 is 34.2 Å². The second kappa shape index (κ2) is 4.47. The van der Waals surface area contributed by atoms with E-state index < -0.39 is 6.43 Å². The van der Waals surface area contributed by atoms with Crippen LogP contribution in [-0.4, -0.2) is 4.98 Å². The van der Waals surface area contributed by atoms with Crippen molar-refractivity contribution < 1.29 is 8.78 Å². The number of nitrogens with zero attached hydrogens (tertiary/aromatic N) is 1. The van der Waals surface area contributed by atoms with Gasteiger partial charge in [0.15, 0.2) is 0 Å². The first-order valence-electron chi connectivity index (χ1n) is 3.39. The molecule has 1 rings (SSSR count). The maximum absolute atomic E-state index is 12.4. The fourth-order valence-electron chi connectivity index (χ4n) is 0.833. The number of hydrogen-bond acceptors (Lipinski definition) is 2. The molecule has 0 atom stereocenters. The first kappa shape index (κ1) is 11.1. The first-order valence-corrected chi connectivity index (χ1v) is 4.85. The number of aromatic nitrogens is 1. The molecule has 0 bridgehead atoms. The van der Waals surface area contributed by atoms with E-state index in [4.69, 9.17) is 17.3 Å². The molecule has 0 aliphatic carbocycles. The van der Waals surface area contributed by atoms with E-state index in [1.807, 2.05) is 0 Å². The van der Waals surface area contributed by atoms with Gasteiger partial charge in [0, 0.05) is 12.1 Å². The average Bonchev–Trinajstić information content (AvgIpc) is 2.09. The molecule has 0 aliphatic heterocycles. The molecule has 0 saturated heterocycles. The maximum Gasteiger partial charge on any atom is 0.265 e. The van der Waals surface area contributed by atoms with Crippen LogP contribution in [-0.2, 0) is 6.54 Å². The van der Waals surface area contributed by atoms with Gasteiger partial charge in [-0.1, -0.05) is 11.6 Å². The van der Waals surface area contributed by atoms with Gasteiger partial charge in [-0.25, -0.2) is 13.8 Å². The second-order valence-electron chi connectivity index (χ2n) is 2.31. The Morgan fingerprint density at radius 3 is 2.69 bits per heavy atom. The zero-order valence-electron chi connectivity index (χ0n) is 6.40. The summed E-state index contributed by atoms with van der Waals surface area (Å²) in [4.78, 5) is 3.93. The summed E-state index contributed by atoms with van der Waals surface area (Å²) in [5.74, 6) is 0. The Kier molecular flexibility index (Phi) is 3.81. The molecule has 0 fully saturated rings. The Morgan fingerprint density at radius 2 is 2.23 bits per heavy atom. The van der Waals surface area contributed by atoms with Gasteiger partial charge >= 0.3 is 0 Å². The number of rotatable bonds is 2. The van der Waals surface area contributed by atoms with Gasteiger partial charge in [0.05, 0.1) is 10.7 Å². The molecule has 0 amide bonds. The van der Waals surface area contributed by atoms with Crippen molar-refractivity contribution in [2.45, 2.75) is 13.0 Å². The monoisotopic (exact) mass is 318 g/mol. The highest BCUT2D eigenvalue weighted by atomic mass is 127. The van der Waals surface area contributed by atoms with Crippen LogP contribution >= 0.6 is 34.2 Å². The SMILES string of the molecule is NCc1cc(C(F)F)c(Cl)c(I)n1. The van der Waals surface area contributed by atoms with E-state index in [9.17, 15) is 8.78 Å². The third-order valence-corrected chi connectivity index (χ3v) is 2.94. The lowest BCUT2D eigenvalue weighted by molar-refractivity contribution is 0.151. The van der Waals surface area contributed by atoms with Crippen LogP contribution in [0.25, 0.3) is 0 Å². The third kappa shape index (κ3) is 2.47. The molecule has 72 valence electrons. The van der Waals surface area contributed by atoms with Crippen LogP contribution in [0.15, 0.2) is 6.07 Å². The lowest BCUT2D eigenvalue weighted by Crippen LogP contribution is -2.03. The molecule has 0 saturated carbocycles. The molecule has 2 N–H and O–H groups in total. The van der Waals surface area contributed by atoms with Crippen molar-refractivity contribution in [2.24, 2.45) is 5.73 Å². The lowest BCUT2D eigenvalue weighted by atomic mass is 10.2. The van der Waals surface area contributed by atoms with E-state index in [1.165, 1.54) is 6.07 Å². The summed E-state index contributed by atoms with van der Waals surface area (Å²) in [5, 5.41) is 0.00722. The second-order valence-corrected chi connectivity index (χ2v) is 3.71. The molecule has 2 nitrogen and oxygen atoms in total. The van der Waals surface area contributed by atoms with Gasteiger partial charge in [-0.05, 0) is 28.7 Å². The summed E-state index contributed by atoms with van der Waals surface area (Å²) in [6.45, 7) is 0.132. The number of alkyl halides is 2. The summed E-state index contributed by atoms with van der Waals surface area (Å²) in [5.41, 5.74) is 5.50. The molecule has 1 aromatic rings. The molecule has 13 heavy (non-hydrogen) atoms. The van der Waals surface area contributed by atoms with E-state index in [-0.39, 0.29) is 17.1 Å². The van der Waals surface area contributed by atoms with E-state index in [2.05, 4.69) is 4.98 Å². The fourth-order valence-corrected chi connectivity index (χ4v) is 1.63. The quantitative estimate of drug-likeness (QED) is 0.673. The molecule has 6 heteroatoms. The smallest absolute Gasteiger partial charge is 0.265 e. The summed E-state index contributed by atoms with van der Waals surface area (Å²) in [7, 11) is 0. The minimum Gasteiger partial charge on any atom is -0.325 e. The molecular weight excluding hydrogens is 312 g/mol. The highest BCUT2D eigenvalue weighted by molar-refractivity contribution is 14.1. The Morgan fingerprint density at radius 1 is 1.62 bits per heavy atom. The molecule has 0 radical (unpaired) electrons. The molecule has 0 aliphatic rings. The zero-order chi connectivity index (χ0) is 10.0. The first-order chi connectivity index (χ1) is 6.06. The van der Waals surface area contributed by atoms with E-state index in [0.717, 1.165) is 0 Å². The van der Waals surface area contributed by atoms with Crippen LogP contribution in [0.2, 0.25) is 5.02 Å². The van der Waals surface area contributed by atoms with Gasteiger partial charge in [-0.2, -0.15) is 0 Å². The minimum atomic E-state index is -2.59. The summed E-state index contributed by atoms with van der Waals surface area (Å²) >= 11 is 7.43. The predicted molar refractivity (Wildman–Crippen MR) is 54.8 cm³/mol. The Bertz CT molecular complexity index is 320. The van der Waals surface area contributed by atoms with Crippen molar-refractivity contribution in [3.63, 3.8) is 0 Å². The summed E-state index contributed by atoms with van der Waals surface area (Å²) in [6.07, 6.45) is -2.59. The third-order valence-electron chi connectivity index (χ3n) is 1.44.